The molecule has 0 unspecified atom stereocenters. The van der Waals surface area contributed by atoms with Crippen molar-refractivity contribution in [3.63, 3.8) is 0 Å². The van der Waals surface area contributed by atoms with Crippen molar-refractivity contribution in [1.82, 2.24) is 15.5 Å². The normalized spacial score (nSPS) is 14.0. The molecule has 0 aromatic heterocycles. The average Bonchev–Trinajstić information content (AvgIpc) is 2.80. The summed E-state index contributed by atoms with van der Waals surface area (Å²) in [4.78, 5) is 59.4. The smallest absolute Gasteiger partial charge is 0.326 e. The van der Waals surface area contributed by atoms with Gasteiger partial charge in [-0.25, -0.2) is 4.79 Å². The first-order chi connectivity index (χ1) is 11.3. The molecule has 9 nitrogen and oxygen atoms in total. The first kappa shape index (κ1) is 17.1. The minimum absolute atomic E-state index is 0.209. The number of carbonyl (C=O) groups excluding carboxylic acids is 5. The summed E-state index contributed by atoms with van der Waals surface area (Å²) in [6.07, 6.45) is -1.26. The Balaban J connectivity index is 1.96. The van der Waals surface area contributed by atoms with Gasteiger partial charge in [0.2, 0.25) is 0 Å². The Morgan fingerprint density at radius 3 is 2.17 bits per heavy atom. The molecule has 24 heavy (non-hydrogen) atoms. The lowest BCUT2D eigenvalue weighted by Gasteiger charge is -2.16. The molecule has 0 radical (unpaired) electrons. The molecular formula is C15H15N3O6. The van der Waals surface area contributed by atoms with Crippen molar-refractivity contribution < 1.29 is 28.7 Å². The quantitative estimate of drug-likeness (QED) is 0.575. The molecule has 1 aromatic carbocycles. The Kier molecular flexibility index (Phi) is 4.93. The molecule has 2 rings (SSSR count). The summed E-state index contributed by atoms with van der Waals surface area (Å²) in [5, 5.41) is 4.12. The van der Waals surface area contributed by atoms with Crippen molar-refractivity contribution in [1.29, 1.82) is 0 Å². The zero-order valence-corrected chi connectivity index (χ0v) is 13.0. The van der Waals surface area contributed by atoms with Crippen LogP contribution in [0.15, 0.2) is 24.3 Å². The summed E-state index contributed by atoms with van der Waals surface area (Å²) in [5.74, 6) is -2.97. The van der Waals surface area contributed by atoms with Crippen LogP contribution in [0.4, 0.5) is 4.79 Å². The van der Waals surface area contributed by atoms with Crippen LogP contribution in [-0.2, 0) is 14.3 Å². The van der Waals surface area contributed by atoms with E-state index in [2.05, 4.69) is 5.32 Å². The fraction of sp³-hybridized carbons (Fsp3) is 0.267. The van der Waals surface area contributed by atoms with Crippen molar-refractivity contribution in [3.8, 4) is 0 Å². The monoisotopic (exact) mass is 333 g/mol. The zero-order valence-electron chi connectivity index (χ0n) is 13.0. The van der Waals surface area contributed by atoms with Gasteiger partial charge >= 0.3 is 12.0 Å². The number of hydrogen-bond donors (Lipinski definition) is 2. The maximum absolute atomic E-state index is 12.1. The molecule has 1 aliphatic rings. The second-order valence-electron chi connectivity index (χ2n) is 4.94. The molecule has 0 saturated carbocycles. The summed E-state index contributed by atoms with van der Waals surface area (Å²) in [6, 6.07) is 5.44. The Labute approximate surface area is 136 Å². The number of nitrogens with one attached hydrogen (secondary N) is 2. The first-order valence-corrected chi connectivity index (χ1v) is 7.02. The summed E-state index contributed by atoms with van der Waals surface area (Å²) in [7, 11) is 1.32. The van der Waals surface area contributed by atoms with Crippen molar-refractivity contribution in [2.24, 2.45) is 0 Å². The molecule has 0 spiro atoms. The van der Waals surface area contributed by atoms with Gasteiger partial charge in [0, 0.05) is 7.05 Å². The summed E-state index contributed by atoms with van der Waals surface area (Å²) >= 11 is 0. The SMILES string of the molecule is CNC(=O)NC(=O)[C@H](C)OC(=O)CN1C(=O)c2ccccc2C1=O. The number of imide groups is 2. The van der Waals surface area contributed by atoms with Gasteiger partial charge in [0.1, 0.15) is 6.54 Å². The van der Waals surface area contributed by atoms with Crippen LogP contribution in [0, 0.1) is 0 Å². The highest BCUT2D eigenvalue weighted by molar-refractivity contribution is 6.22. The van der Waals surface area contributed by atoms with E-state index >= 15 is 0 Å². The number of amides is 5. The van der Waals surface area contributed by atoms with Gasteiger partial charge in [0.15, 0.2) is 6.10 Å². The van der Waals surface area contributed by atoms with Gasteiger partial charge in [-0.05, 0) is 19.1 Å². The predicted molar refractivity (Wildman–Crippen MR) is 80.0 cm³/mol. The molecule has 1 aromatic rings. The number of nitrogens with zero attached hydrogens (tertiary/aromatic N) is 1. The number of carbonyl (C=O) groups is 5. The number of benzene rings is 1. The molecular weight excluding hydrogens is 318 g/mol. The number of urea groups is 1. The molecule has 0 saturated heterocycles. The minimum Gasteiger partial charge on any atom is -0.451 e. The van der Waals surface area contributed by atoms with Crippen molar-refractivity contribution >= 4 is 29.7 Å². The molecule has 0 aliphatic carbocycles. The van der Waals surface area contributed by atoms with Crippen LogP contribution in [0.25, 0.3) is 0 Å². The van der Waals surface area contributed by atoms with E-state index in [1.165, 1.54) is 26.1 Å². The van der Waals surface area contributed by atoms with Crippen LogP contribution in [0.3, 0.4) is 0 Å². The maximum Gasteiger partial charge on any atom is 0.326 e. The zero-order chi connectivity index (χ0) is 17.9. The Morgan fingerprint density at radius 2 is 1.67 bits per heavy atom. The first-order valence-electron chi connectivity index (χ1n) is 7.02. The average molecular weight is 333 g/mol. The predicted octanol–water partition coefficient (Wildman–Crippen LogP) is -0.330. The molecule has 2 N–H and O–H groups in total. The Morgan fingerprint density at radius 1 is 1.12 bits per heavy atom. The van der Waals surface area contributed by atoms with Gasteiger partial charge < -0.3 is 10.1 Å². The number of esters is 1. The van der Waals surface area contributed by atoms with Gasteiger partial charge in [0.05, 0.1) is 11.1 Å². The maximum atomic E-state index is 12.1. The van der Waals surface area contributed by atoms with E-state index in [1.807, 2.05) is 5.32 Å². The molecule has 0 fully saturated rings. The molecule has 0 bridgehead atoms. The Bertz CT molecular complexity index is 695. The van der Waals surface area contributed by atoms with Crippen LogP contribution in [0.2, 0.25) is 0 Å². The van der Waals surface area contributed by atoms with E-state index in [-0.39, 0.29) is 11.1 Å². The highest BCUT2D eigenvalue weighted by Crippen LogP contribution is 2.22. The molecule has 1 aliphatic heterocycles. The highest BCUT2D eigenvalue weighted by Gasteiger charge is 2.37. The number of hydrogen-bond acceptors (Lipinski definition) is 6. The summed E-state index contributed by atoms with van der Waals surface area (Å²) in [5.41, 5.74) is 0.418. The fourth-order valence-electron chi connectivity index (χ4n) is 2.08. The fourth-order valence-corrected chi connectivity index (χ4v) is 2.08. The van der Waals surface area contributed by atoms with Crippen molar-refractivity contribution in [3.05, 3.63) is 35.4 Å². The van der Waals surface area contributed by atoms with E-state index in [9.17, 15) is 24.0 Å². The highest BCUT2D eigenvalue weighted by atomic mass is 16.5. The van der Waals surface area contributed by atoms with Crippen LogP contribution in [0.5, 0.6) is 0 Å². The largest absolute Gasteiger partial charge is 0.451 e. The van der Waals surface area contributed by atoms with Gasteiger partial charge in [0.25, 0.3) is 17.7 Å². The van der Waals surface area contributed by atoms with E-state index in [1.54, 1.807) is 12.1 Å². The van der Waals surface area contributed by atoms with Crippen molar-refractivity contribution in [2.75, 3.05) is 13.6 Å². The van der Waals surface area contributed by atoms with Gasteiger partial charge in [-0.2, -0.15) is 0 Å². The van der Waals surface area contributed by atoms with Crippen LogP contribution >= 0.6 is 0 Å². The van der Waals surface area contributed by atoms with Crippen LogP contribution < -0.4 is 10.6 Å². The lowest BCUT2D eigenvalue weighted by molar-refractivity contribution is -0.154. The minimum atomic E-state index is -1.26. The van der Waals surface area contributed by atoms with Gasteiger partial charge in [-0.1, -0.05) is 12.1 Å². The van der Waals surface area contributed by atoms with Gasteiger partial charge in [-0.3, -0.25) is 29.4 Å². The van der Waals surface area contributed by atoms with E-state index in [0.717, 1.165) is 4.90 Å². The molecule has 1 heterocycles. The number of fused-ring (bicyclic) bond motifs is 1. The molecule has 5 amide bonds. The molecule has 9 heteroatoms. The third kappa shape index (κ3) is 3.40. The summed E-state index contributed by atoms with van der Waals surface area (Å²) in [6.45, 7) is 0.641. The lowest BCUT2D eigenvalue weighted by Crippen LogP contribution is -2.44. The third-order valence-corrected chi connectivity index (χ3v) is 3.31. The second-order valence-corrected chi connectivity index (χ2v) is 4.94. The standard InChI is InChI=1S/C15H15N3O6/c1-8(12(20)17-15(23)16-2)24-11(19)7-18-13(21)9-5-3-4-6-10(9)14(18)22/h3-6,8H,7H2,1-2H3,(H2,16,17,20,23)/t8-/m0/s1. The lowest BCUT2D eigenvalue weighted by atomic mass is 10.1. The number of ether oxygens (including phenoxy) is 1. The Hall–Kier alpha value is -3.23. The van der Waals surface area contributed by atoms with Crippen LogP contribution in [-0.4, -0.2) is 54.3 Å². The van der Waals surface area contributed by atoms with Gasteiger partial charge in [-0.15, -0.1) is 0 Å². The topological polar surface area (TPSA) is 122 Å². The second kappa shape index (κ2) is 6.90. The van der Waals surface area contributed by atoms with Crippen LogP contribution in [0.1, 0.15) is 27.6 Å². The van der Waals surface area contributed by atoms with E-state index in [0.29, 0.717) is 0 Å². The molecule has 1 atom stereocenters. The van der Waals surface area contributed by atoms with E-state index in [4.69, 9.17) is 4.74 Å². The van der Waals surface area contributed by atoms with Crippen molar-refractivity contribution in [2.45, 2.75) is 13.0 Å². The van der Waals surface area contributed by atoms with E-state index < -0.39 is 42.4 Å². The molecule has 126 valence electrons. The summed E-state index contributed by atoms with van der Waals surface area (Å²) < 4.78 is 4.84. The number of rotatable bonds is 4. The third-order valence-electron chi connectivity index (χ3n) is 3.31.